The summed E-state index contributed by atoms with van der Waals surface area (Å²) in [5.74, 6) is 0.0954. The second-order valence-electron chi connectivity index (χ2n) is 5.43. The van der Waals surface area contributed by atoms with Crippen LogP contribution in [0.3, 0.4) is 0 Å². The van der Waals surface area contributed by atoms with Crippen LogP contribution in [0.5, 0.6) is 5.75 Å². The van der Waals surface area contributed by atoms with Crippen molar-refractivity contribution in [2.75, 3.05) is 20.2 Å². The number of ether oxygens (including phenoxy) is 1. The highest BCUT2D eigenvalue weighted by Gasteiger charge is 2.26. The van der Waals surface area contributed by atoms with E-state index < -0.39 is 11.4 Å². The third-order valence-electron chi connectivity index (χ3n) is 3.15. The first-order valence-electron chi connectivity index (χ1n) is 6.44. The van der Waals surface area contributed by atoms with Crippen LogP contribution in [0.25, 0.3) is 0 Å². The summed E-state index contributed by atoms with van der Waals surface area (Å²) in [7, 11) is 1.66. The summed E-state index contributed by atoms with van der Waals surface area (Å²) in [6, 6.07) is 6.08. The van der Waals surface area contributed by atoms with Crippen molar-refractivity contribution in [3.05, 3.63) is 29.3 Å². The molecule has 0 amide bonds. The summed E-state index contributed by atoms with van der Waals surface area (Å²) in [5, 5.41) is 12.2. The highest BCUT2D eigenvalue weighted by atomic mass is 16.5. The minimum absolute atomic E-state index is 0.455. The number of methoxy groups -OCH3 is 1. The lowest BCUT2D eigenvalue weighted by Crippen LogP contribution is -2.36. The molecule has 106 valence electrons. The standard InChI is InChI=1S/C15H23NO3/c1-11-5-6-13(19-4)12(9-11)7-8-16-10-15(2,3)14(17)18/h5-6,9,16H,7-8,10H2,1-4H3,(H,17,18). The number of hydrogen-bond acceptors (Lipinski definition) is 3. The fraction of sp³-hybridized carbons (Fsp3) is 0.533. The van der Waals surface area contributed by atoms with E-state index in [1.807, 2.05) is 19.1 Å². The Morgan fingerprint density at radius 1 is 1.42 bits per heavy atom. The van der Waals surface area contributed by atoms with Crippen LogP contribution in [-0.4, -0.2) is 31.3 Å². The van der Waals surface area contributed by atoms with Crippen molar-refractivity contribution in [2.45, 2.75) is 27.2 Å². The van der Waals surface area contributed by atoms with Gasteiger partial charge in [0.15, 0.2) is 0 Å². The first-order chi connectivity index (χ1) is 8.86. The van der Waals surface area contributed by atoms with Gasteiger partial charge in [-0.15, -0.1) is 0 Å². The maximum absolute atomic E-state index is 11.0. The van der Waals surface area contributed by atoms with Gasteiger partial charge in [-0.1, -0.05) is 17.7 Å². The second-order valence-corrected chi connectivity index (χ2v) is 5.43. The first kappa shape index (κ1) is 15.5. The Bertz CT molecular complexity index is 441. The van der Waals surface area contributed by atoms with Gasteiger partial charge < -0.3 is 15.2 Å². The number of carboxylic acid groups (broad SMARTS) is 1. The Morgan fingerprint density at radius 2 is 2.11 bits per heavy atom. The molecule has 1 aromatic carbocycles. The van der Waals surface area contributed by atoms with E-state index in [9.17, 15) is 4.79 Å². The van der Waals surface area contributed by atoms with E-state index in [1.165, 1.54) is 5.56 Å². The molecule has 0 aromatic heterocycles. The zero-order valence-electron chi connectivity index (χ0n) is 12.1. The molecule has 1 rings (SSSR count). The lowest BCUT2D eigenvalue weighted by molar-refractivity contribution is -0.146. The molecule has 0 aliphatic heterocycles. The first-order valence-corrected chi connectivity index (χ1v) is 6.44. The predicted octanol–water partition coefficient (Wildman–Crippen LogP) is 2.25. The summed E-state index contributed by atoms with van der Waals surface area (Å²) in [6.45, 7) is 6.67. The van der Waals surface area contributed by atoms with Gasteiger partial charge in [0, 0.05) is 6.54 Å². The van der Waals surface area contributed by atoms with E-state index in [4.69, 9.17) is 9.84 Å². The Morgan fingerprint density at radius 3 is 2.68 bits per heavy atom. The smallest absolute Gasteiger partial charge is 0.310 e. The van der Waals surface area contributed by atoms with Gasteiger partial charge in [0.2, 0.25) is 0 Å². The van der Waals surface area contributed by atoms with Crippen LogP contribution in [0, 0.1) is 12.3 Å². The summed E-state index contributed by atoms with van der Waals surface area (Å²) < 4.78 is 5.31. The number of benzene rings is 1. The van der Waals surface area contributed by atoms with E-state index in [2.05, 4.69) is 11.4 Å². The van der Waals surface area contributed by atoms with E-state index in [-0.39, 0.29) is 0 Å². The van der Waals surface area contributed by atoms with Crippen molar-refractivity contribution in [1.29, 1.82) is 0 Å². The maximum Gasteiger partial charge on any atom is 0.310 e. The van der Waals surface area contributed by atoms with Crippen LogP contribution >= 0.6 is 0 Å². The molecule has 0 aliphatic carbocycles. The van der Waals surface area contributed by atoms with Crippen molar-refractivity contribution >= 4 is 5.97 Å². The van der Waals surface area contributed by atoms with Crippen molar-refractivity contribution in [1.82, 2.24) is 5.32 Å². The van der Waals surface area contributed by atoms with Gasteiger partial charge in [-0.25, -0.2) is 0 Å². The Kier molecular flexibility index (Phi) is 5.36. The van der Waals surface area contributed by atoms with Gasteiger partial charge in [-0.3, -0.25) is 4.79 Å². The molecule has 0 saturated heterocycles. The largest absolute Gasteiger partial charge is 0.496 e. The van der Waals surface area contributed by atoms with Gasteiger partial charge in [0.25, 0.3) is 0 Å². The predicted molar refractivity (Wildman–Crippen MR) is 75.7 cm³/mol. The molecule has 4 nitrogen and oxygen atoms in total. The molecular formula is C15H23NO3. The summed E-state index contributed by atoms with van der Waals surface area (Å²) >= 11 is 0. The summed E-state index contributed by atoms with van der Waals surface area (Å²) in [6.07, 6.45) is 0.820. The van der Waals surface area contributed by atoms with Crippen molar-refractivity contribution < 1.29 is 14.6 Å². The van der Waals surface area contributed by atoms with E-state index in [1.54, 1.807) is 21.0 Å². The van der Waals surface area contributed by atoms with Crippen LogP contribution in [0.2, 0.25) is 0 Å². The molecule has 2 N–H and O–H groups in total. The second kappa shape index (κ2) is 6.57. The molecule has 1 aromatic rings. The maximum atomic E-state index is 11.0. The van der Waals surface area contributed by atoms with Gasteiger partial charge >= 0.3 is 5.97 Å². The topological polar surface area (TPSA) is 58.6 Å². The highest BCUT2D eigenvalue weighted by molar-refractivity contribution is 5.73. The number of aliphatic carboxylic acids is 1. The van der Waals surface area contributed by atoms with Gasteiger partial charge in [-0.2, -0.15) is 0 Å². The molecule has 19 heavy (non-hydrogen) atoms. The molecule has 0 spiro atoms. The number of nitrogens with one attached hydrogen (secondary N) is 1. The van der Waals surface area contributed by atoms with Crippen LogP contribution in [0.15, 0.2) is 18.2 Å². The van der Waals surface area contributed by atoms with Gasteiger partial charge in [-0.05, 0) is 45.4 Å². The molecule has 0 heterocycles. The van der Waals surface area contributed by atoms with Gasteiger partial charge in [0.1, 0.15) is 5.75 Å². The minimum atomic E-state index is -0.784. The molecule has 0 fully saturated rings. The lowest BCUT2D eigenvalue weighted by Gasteiger charge is -2.19. The van der Waals surface area contributed by atoms with Crippen LogP contribution in [-0.2, 0) is 11.2 Å². The third-order valence-corrected chi connectivity index (χ3v) is 3.15. The molecule has 0 bridgehead atoms. The number of carboxylic acids is 1. The Hall–Kier alpha value is -1.55. The number of aryl methyl sites for hydroxylation is 1. The molecule has 0 aliphatic rings. The lowest BCUT2D eigenvalue weighted by atomic mass is 9.94. The monoisotopic (exact) mass is 265 g/mol. The summed E-state index contributed by atoms with van der Waals surface area (Å²) in [4.78, 5) is 11.0. The zero-order chi connectivity index (χ0) is 14.5. The van der Waals surface area contributed by atoms with Crippen molar-refractivity contribution in [3.8, 4) is 5.75 Å². The fourth-order valence-corrected chi connectivity index (χ4v) is 1.80. The average Bonchev–Trinajstić information content (AvgIpc) is 2.34. The average molecular weight is 265 g/mol. The SMILES string of the molecule is COc1ccc(C)cc1CCNCC(C)(C)C(=O)O. The van der Waals surface area contributed by atoms with Crippen molar-refractivity contribution in [3.63, 3.8) is 0 Å². The molecule has 4 heteroatoms. The van der Waals surface area contributed by atoms with E-state index in [0.29, 0.717) is 6.54 Å². The third kappa shape index (κ3) is 4.56. The zero-order valence-corrected chi connectivity index (χ0v) is 12.1. The number of rotatable bonds is 7. The van der Waals surface area contributed by atoms with E-state index in [0.717, 1.165) is 24.3 Å². The Labute approximate surface area is 114 Å². The molecule has 0 atom stereocenters. The summed E-state index contributed by atoms with van der Waals surface area (Å²) in [5.41, 5.74) is 1.60. The quantitative estimate of drug-likeness (QED) is 0.742. The fourth-order valence-electron chi connectivity index (χ4n) is 1.80. The number of carbonyl (C=O) groups is 1. The highest BCUT2D eigenvalue weighted by Crippen LogP contribution is 2.20. The van der Waals surface area contributed by atoms with E-state index >= 15 is 0 Å². The molecule has 0 unspecified atom stereocenters. The van der Waals surface area contributed by atoms with Crippen molar-refractivity contribution in [2.24, 2.45) is 5.41 Å². The molecular weight excluding hydrogens is 242 g/mol. The van der Waals surface area contributed by atoms with Gasteiger partial charge in [0.05, 0.1) is 12.5 Å². The number of hydrogen-bond donors (Lipinski definition) is 2. The van der Waals surface area contributed by atoms with Crippen LogP contribution in [0.1, 0.15) is 25.0 Å². The molecule has 0 saturated carbocycles. The molecule has 0 radical (unpaired) electrons. The normalized spacial score (nSPS) is 11.4. The minimum Gasteiger partial charge on any atom is -0.496 e. The van der Waals surface area contributed by atoms with Crippen LogP contribution < -0.4 is 10.1 Å². The Balaban J connectivity index is 2.50. The van der Waals surface area contributed by atoms with Crippen LogP contribution in [0.4, 0.5) is 0 Å².